The molecular weight excluding hydrogens is 1230 g/mol. The van der Waals surface area contributed by atoms with Gasteiger partial charge in [-0.2, -0.15) is 0 Å². The zero-order valence-corrected chi connectivity index (χ0v) is 50.7. The maximum Gasteiger partial charge on any atom is 0.404 e. The first-order valence-corrected chi connectivity index (χ1v) is 29.7. The summed E-state index contributed by atoms with van der Waals surface area (Å²) in [5.74, 6) is -9.27. The molecule has 19 unspecified atom stereocenters. The van der Waals surface area contributed by atoms with Crippen LogP contribution in [-0.2, 0) is 54.1 Å². The van der Waals surface area contributed by atoms with Gasteiger partial charge in [-0.3, -0.25) is 33.6 Å². The summed E-state index contributed by atoms with van der Waals surface area (Å²) in [5.41, 5.74) is 28.3. The van der Waals surface area contributed by atoms with Gasteiger partial charge < -0.3 is 119 Å². The van der Waals surface area contributed by atoms with Gasteiger partial charge in [0, 0.05) is 48.6 Å². The molecular formula is C52H75N15O21S2. The fourth-order valence-electron chi connectivity index (χ4n) is 9.49. The third kappa shape index (κ3) is 18.0. The van der Waals surface area contributed by atoms with Crippen LogP contribution in [0, 0.1) is 12.8 Å². The van der Waals surface area contributed by atoms with Crippen molar-refractivity contribution in [3.63, 3.8) is 0 Å². The normalized spacial score (nSPS) is 24.8. The number of thiazole rings is 2. The molecule has 23 N–H and O–H groups in total. The lowest BCUT2D eigenvalue weighted by Gasteiger charge is -2.47. The highest BCUT2D eigenvalue weighted by molar-refractivity contribution is 7.14. The number of nitrogens with one attached hydrogen (secondary N) is 5. The molecule has 90 heavy (non-hydrogen) atoms. The van der Waals surface area contributed by atoms with E-state index in [9.17, 15) is 74.4 Å². The van der Waals surface area contributed by atoms with Gasteiger partial charge in [0.15, 0.2) is 24.5 Å². The summed E-state index contributed by atoms with van der Waals surface area (Å²) in [6.07, 6.45) is -25.0. The van der Waals surface area contributed by atoms with E-state index in [1.54, 1.807) is 10.8 Å². The number of carbonyl (C=O) groups is 8. The van der Waals surface area contributed by atoms with Crippen LogP contribution in [-0.4, -0.2) is 236 Å². The molecule has 19 atom stereocenters. The van der Waals surface area contributed by atoms with Crippen LogP contribution in [0.25, 0.3) is 10.7 Å². The topological polar surface area (TPSA) is 603 Å². The Morgan fingerprint density at radius 2 is 1.47 bits per heavy atom. The number of hydrogen-bond donors (Lipinski definition) is 18. The van der Waals surface area contributed by atoms with E-state index in [0.717, 1.165) is 12.5 Å². The number of nitrogens with zero attached hydrogens (tertiary/aromatic N) is 5. The smallest absolute Gasteiger partial charge is 0.404 e. The molecule has 496 valence electrons. The van der Waals surface area contributed by atoms with E-state index in [-0.39, 0.29) is 54.5 Å². The molecule has 6 rings (SSSR count). The number of aliphatic hydroxyl groups is 8. The fraction of sp³-hybridized carbons (Fsp3) is 0.596. The minimum absolute atomic E-state index is 0.00581. The molecule has 36 nitrogen and oxygen atoms in total. The Morgan fingerprint density at radius 3 is 2.07 bits per heavy atom. The summed E-state index contributed by atoms with van der Waals surface area (Å²) in [7, 11) is 0. The Balaban J connectivity index is 1.31. The minimum atomic E-state index is -2.19. The van der Waals surface area contributed by atoms with Gasteiger partial charge in [-0.25, -0.2) is 29.7 Å². The number of H-pyrrole nitrogens is 1. The van der Waals surface area contributed by atoms with Crippen LogP contribution in [0.2, 0.25) is 0 Å². The molecule has 2 saturated heterocycles. The second-order valence-electron chi connectivity index (χ2n) is 21.4. The number of rotatable bonds is 31. The number of carbonyl (C=O) groups excluding carboxylic acids is 8. The number of primary amides is 3. The van der Waals surface area contributed by atoms with Crippen LogP contribution in [0.4, 0.5) is 10.6 Å². The molecule has 0 radical (unpaired) electrons. The van der Waals surface area contributed by atoms with Crippen LogP contribution in [0.1, 0.15) is 102 Å². The Hall–Kier alpha value is -7.41. The highest BCUT2D eigenvalue weighted by atomic mass is 32.1. The minimum Gasteiger partial charge on any atom is -0.441 e. The lowest BCUT2D eigenvalue weighted by molar-refractivity contribution is -0.372. The largest absolute Gasteiger partial charge is 0.441 e. The SMILES string of the molecule is CC(=O)c1csc(-c2csc(CCNC(=O)C(NC(=O)C(C)C(O)C(C)NC(=O)C(NC(=O)c3nc(C(CCC(N)C(N)=O)CC(N)=O)nc(N)c3C)C(OC3OC(CO)C(O)C(O)C3OC3OC(CO)C(O)C(OC(N)=O)C3O)c3cnc[nH]3)C(C)O)n2)n1. The van der Waals surface area contributed by atoms with Crippen molar-refractivity contribution < 1.29 is 103 Å². The number of aliphatic hydroxyl groups excluding tert-OH is 8. The molecule has 0 bridgehead atoms. The number of aromatic amines is 1. The van der Waals surface area contributed by atoms with Crippen LogP contribution in [0.15, 0.2) is 23.3 Å². The summed E-state index contributed by atoms with van der Waals surface area (Å²) in [6, 6.07) is -6.41. The summed E-state index contributed by atoms with van der Waals surface area (Å²) < 4.78 is 28.7. The maximum atomic E-state index is 15.1. The number of ether oxygens (including phenoxy) is 5. The van der Waals surface area contributed by atoms with E-state index >= 15 is 4.79 Å². The highest BCUT2D eigenvalue weighted by Gasteiger charge is 2.54. The molecule has 4 aromatic rings. The van der Waals surface area contributed by atoms with Gasteiger partial charge in [-0.15, -0.1) is 22.7 Å². The first-order chi connectivity index (χ1) is 42.5. The van der Waals surface area contributed by atoms with Crippen LogP contribution in [0.5, 0.6) is 0 Å². The van der Waals surface area contributed by atoms with Crippen molar-refractivity contribution in [1.29, 1.82) is 0 Å². The van der Waals surface area contributed by atoms with Gasteiger partial charge >= 0.3 is 6.09 Å². The molecule has 0 aliphatic carbocycles. The molecule has 4 aromatic heterocycles. The van der Waals surface area contributed by atoms with Gasteiger partial charge in [-0.05, 0) is 33.6 Å². The molecule has 38 heteroatoms. The van der Waals surface area contributed by atoms with E-state index in [1.165, 1.54) is 57.3 Å². The van der Waals surface area contributed by atoms with Gasteiger partial charge in [0.05, 0.1) is 66.6 Å². The number of amides is 7. The quantitative estimate of drug-likeness (QED) is 0.0208. The average Bonchev–Trinajstić information content (AvgIpc) is 0.973. The van der Waals surface area contributed by atoms with E-state index < -0.39 is 183 Å². The number of hydrogen-bond acceptors (Lipinski definition) is 30. The standard InChI is InChI=1S/C52H75N15O21S2/c1-17-31(64-44(67-42(17)55)22(10-29(54)72)6-7-23(53)43(56)78)47(81)66-33(39(24-11-58-16-60-24)86-51-41(37(76)35(74)27(12-68)85-51)87-50-38(77)40(88-52(57)83)36(75)28(13-69)84-50)48(82)61-19(3)34(73)18(2)45(79)65-32(21(5)71)46(80)59-9-8-30-62-26(15-89-30)49-63-25(14-90-49)20(4)70/h11,14-16,18-19,21-23,27-28,32-41,50-51,68-69,71,73-77H,6-10,12-13,53H2,1-5H3,(H2,54,72)(H2,56,78)(H2,57,83)(H,58,60)(H,59,80)(H,61,82)(H,65,79)(H,66,81)(H2,55,64,67). The Labute approximate surface area is 520 Å². The number of ketones is 1. The zero-order valence-electron chi connectivity index (χ0n) is 49.1. The monoisotopic (exact) mass is 1310 g/mol. The number of anilines is 1. The summed E-state index contributed by atoms with van der Waals surface area (Å²) in [4.78, 5) is 129. The van der Waals surface area contributed by atoms with Gasteiger partial charge in [0.1, 0.15) is 94.6 Å². The molecule has 0 aromatic carbocycles. The third-order valence-electron chi connectivity index (χ3n) is 14.7. The first kappa shape index (κ1) is 71.7. The fourth-order valence-corrected chi connectivity index (χ4v) is 11.2. The zero-order chi connectivity index (χ0) is 66.6. The summed E-state index contributed by atoms with van der Waals surface area (Å²) in [6.45, 7) is 4.45. The Kier molecular flexibility index (Phi) is 25.5. The van der Waals surface area contributed by atoms with E-state index in [2.05, 4.69) is 51.2 Å². The average molecular weight is 1310 g/mol. The maximum absolute atomic E-state index is 15.1. The molecule has 0 saturated carbocycles. The van der Waals surface area contributed by atoms with Gasteiger partial charge in [-0.1, -0.05) is 6.92 Å². The molecule has 0 spiro atoms. The number of Topliss-reactive ketones (excluding diaryl/α,β-unsaturated/α-hetero) is 1. The third-order valence-corrected chi connectivity index (χ3v) is 16.5. The van der Waals surface area contributed by atoms with Gasteiger partial charge in [0.25, 0.3) is 5.91 Å². The van der Waals surface area contributed by atoms with Gasteiger partial charge in [0.2, 0.25) is 29.5 Å². The van der Waals surface area contributed by atoms with Crippen molar-refractivity contribution in [3.8, 4) is 10.7 Å². The number of nitrogen functional groups attached to an aromatic ring is 1. The highest BCUT2D eigenvalue weighted by Crippen LogP contribution is 2.35. The Morgan fingerprint density at radius 1 is 0.789 bits per heavy atom. The van der Waals surface area contributed by atoms with Crippen molar-refractivity contribution in [2.24, 2.45) is 28.9 Å². The van der Waals surface area contributed by atoms with E-state index in [4.69, 9.17) is 52.4 Å². The van der Waals surface area contributed by atoms with Crippen LogP contribution >= 0.6 is 22.7 Å². The van der Waals surface area contributed by atoms with E-state index in [0.29, 0.717) is 21.4 Å². The number of aromatic nitrogens is 6. The van der Waals surface area contributed by atoms with Crippen molar-refractivity contribution in [3.05, 3.63) is 56.8 Å². The first-order valence-electron chi connectivity index (χ1n) is 27.9. The number of nitrogens with two attached hydrogens (primary N) is 5. The second kappa shape index (κ2) is 32.0. The van der Waals surface area contributed by atoms with Crippen molar-refractivity contribution in [1.82, 2.24) is 51.2 Å². The second-order valence-corrected chi connectivity index (χ2v) is 23.2. The summed E-state index contributed by atoms with van der Waals surface area (Å²) >= 11 is 2.52. The van der Waals surface area contributed by atoms with Crippen LogP contribution < -0.4 is 49.9 Å². The Bertz CT molecular complexity index is 3140. The molecule has 2 aliphatic heterocycles. The molecule has 2 aliphatic rings. The van der Waals surface area contributed by atoms with E-state index in [1.807, 2.05) is 0 Å². The van der Waals surface area contributed by atoms with Crippen molar-refractivity contribution in [2.45, 2.75) is 170 Å². The molecule has 7 amide bonds. The summed E-state index contributed by atoms with van der Waals surface area (Å²) in [5, 5.41) is 102. The lowest BCUT2D eigenvalue weighted by atomic mass is 9.95. The molecule has 2 fully saturated rings. The predicted octanol–water partition coefficient (Wildman–Crippen LogP) is -6.27. The molecule has 6 heterocycles. The number of imidazole rings is 1. The lowest BCUT2D eigenvalue weighted by Crippen LogP contribution is -2.65. The predicted molar refractivity (Wildman–Crippen MR) is 309 cm³/mol. The van der Waals surface area contributed by atoms with Crippen molar-refractivity contribution >= 4 is 75.8 Å². The van der Waals surface area contributed by atoms with Crippen molar-refractivity contribution in [2.75, 3.05) is 25.5 Å². The van der Waals surface area contributed by atoms with Crippen LogP contribution in [0.3, 0.4) is 0 Å².